The van der Waals surface area contributed by atoms with Gasteiger partial charge in [0.1, 0.15) is 5.71 Å². The van der Waals surface area contributed by atoms with Crippen molar-refractivity contribution in [3.63, 3.8) is 0 Å². The summed E-state index contributed by atoms with van der Waals surface area (Å²) in [6, 6.07) is 8.04. The van der Waals surface area contributed by atoms with Crippen molar-refractivity contribution in [1.29, 1.82) is 0 Å². The van der Waals surface area contributed by atoms with E-state index in [1.54, 1.807) is 24.3 Å². The second-order valence-electron chi connectivity index (χ2n) is 5.22. The highest BCUT2D eigenvalue weighted by Gasteiger charge is 2.33. The predicted molar refractivity (Wildman–Crippen MR) is 83.4 cm³/mol. The third-order valence-electron chi connectivity index (χ3n) is 3.70. The molecule has 1 atom stereocenters. The smallest absolute Gasteiger partial charge is 0.333 e. The Balaban J connectivity index is 2.29. The molecule has 1 aliphatic heterocycles. The molecule has 0 aliphatic carbocycles. The number of rotatable bonds is 4. The van der Waals surface area contributed by atoms with Crippen LogP contribution in [0.1, 0.15) is 24.4 Å². The summed E-state index contributed by atoms with van der Waals surface area (Å²) in [5, 5.41) is 5.16. The van der Waals surface area contributed by atoms with Gasteiger partial charge in [-0.3, -0.25) is 9.59 Å². The average Bonchev–Trinajstić information content (AvgIpc) is 2.57. The number of hydrogen-bond acceptors (Lipinski definition) is 5. The van der Waals surface area contributed by atoms with Gasteiger partial charge in [0.05, 0.1) is 7.11 Å². The van der Waals surface area contributed by atoms with E-state index in [2.05, 4.69) is 5.10 Å². The molecule has 0 unspecified atom stereocenters. The number of methoxy groups -OCH3 is 1. The van der Waals surface area contributed by atoms with Crippen LogP contribution in [0.5, 0.6) is 0 Å². The number of ether oxygens (including phenoxy) is 1. The van der Waals surface area contributed by atoms with Gasteiger partial charge in [0.2, 0.25) is 5.91 Å². The fourth-order valence-corrected chi connectivity index (χ4v) is 2.41. The molecule has 0 spiro atoms. The summed E-state index contributed by atoms with van der Waals surface area (Å²) in [5.41, 5.74) is 0.899. The molecular formula is C16H19N3O4. The molecule has 0 N–H and O–H groups in total. The number of hydrazone groups is 1. The van der Waals surface area contributed by atoms with E-state index in [1.807, 2.05) is 6.07 Å². The van der Waals surface area contributed by atoms with Gasteiger partial charge in [-0.05, 0) is 5.56 Å². The zero-order chi connectivity index (χ0) is 17.0. The highest BCUT2D eigenvalue weighted by atomic mass is 16.5. The molecule has 1 aromatic carbocycles. The summed E-state index contributed by atoms with van der Waals surface area (Å²) in [6.07, 6.45) is 0.484. The number of hydrogen-bond donors (Lipinski definition) is 0. The number of benzene rings is 1. The first kappa shape index (κ1) is 16.7. The second-order valence-corrected chi connectivity index (χ2v) is 5.22. The number of carbonyl (C=O) groups excluding carboxylic acids is 3. The van der Waals surface area contributed by atoms with Crippen molar-refractivity contribution in [2.24, 2.45) is 5.10 Å². The van der Waals surface area contributed by atoms with Gasteiger partial charge in [0.15, 0.2) is 6.04 Å². The van der Waals surface area contributed by atoms with Crippen molar-refractivity contribution >= 4 is 23.5 Å². The molecule has 1 heterocycles. The first-order valence-corrected chi connectivity index (χ1v) is 7.19. The maximum Gasteiger partial charge on any atom is 0.333 e. The highest BCUT2D eigenvalue weighted by molar-refractivity contribution is 6.39. The van der Waals surface area contributed by atoms with Crippen LogP contribution in [0.2, 0.25) is 0 Å². The van der Waals surface area contributed by atoms with Crippen molar-refractivity contribution < 1.29 is 19.1 Å². The molecule has 2 amide bonds. The van der Waals surface area contributed by atoms with Crippen LogP contribution in [0.4, 0.5) is 0 Å². The minimum atomic E-state index is -0.862. The Bertz CT molecular complexity index is 642. The van der Waals surface area contributed by atoms with E-state index in [0.717, 1.165) is 5.01 Å². The average molecular weight is 317 g/mol. The molecule has 23 heavy (non-hydrogen) atoms. The van der Waals surface area contributed by atoms with Crippen LogP contribution in [0.15, 0.2) is 35.4 Å². The summed E-state index contributed by atoms with van der Waals surface area (Å²) >= 11 is 0. The second kappa shape index (κ2) is 7.04. The molecule has 0 saturated heterocycles. The summed E-state index contributed by atoms with van der Waals surface area (Å²) in [7, 11) is 4.31. The monoisotopic (exact) mass is 317 g/mol. The number of likely N-dealkylation sites (N-methyl/N-ethyl adjacent to an activating group) is 1. The lowest BCUT2D eigenvalue weighted by Crippen LogP contribution is -2.42. The van der Waals surface area contributed by atoms with E-state index in [-0.39, 0.29) is 24.5 Å². The van der Waals surface area contributed by atoms with E-state index in [0.29, 0.717) is 5.56 Å². The first-order chi connectivity index (χ1) is 11.0. The largest absolute Gasteiger partial charge is 0.467 e. The van der Waals surface area contributed by atoms with Crippen LogP contribution < -0.4 is 0 Å². The van der Waals surface area contributed by atoms with Crippen LogP contribution in [0.3, 0.4) is 0 Å². The number of esters is 1. The lowest BCUT2D eigenvalue weighted by atomic mass is 10.0. The van der Waals surface area contributed by atoms with Gasteiger partial charge in [0, 0.05) is 26.9 Å². The van der Waals surface area contributed by atoms with Crippen LogP contribution >= 0.6 is 0 Å². The molecule has 0 aromatic heterocycles. The Morgan fingerprint density at radius 1 is 1.26 bits per heavy atom. The highest BCUT2D eigenvalue weighted by Crippen LogP contribution is 2.22. The minimum absolute atomic E-state index is 0.142. The molecule has 2 rings (SSSR count). The summed E-state index contributed by atoms with van der Waals surface area (Å²) < 4.78 is 4.83. The van der Waals surface area contributed by atoms with Gasteiger partial charge in [-0.15, -0.1) is 0 Å². The molecule has 0 fully saturated rings. The first-order valence-electron chi connectivity index (χ1n) is 7.19. The van der Waals surface area contributed by atoms with Gasteiger partial charge < -0.3 is 9.64 Å². The van der Waals surface area contributed by atoms with Gasteiger partial charge in [0.25, 0.3) is 5.91 Å². The zero-order valence-electron chi connectivity index (χ0n) is 13.4. The Morgan fingerprint density at radius 3 is 2.48 bits per heavy atom. The standard InChI is InChI=1S/C16H19N3O4/c1-18(15(21)12-9-10-13(20)19(2)17-12)14(16(22)23-3)11-7-5-4-6-8-11/h4-8,14H,9-10H2,1-3H3/t14-/m1/s1. The predicted octanol–water partition coefficient (Wildman–Crippen LogP) is 0.967. The minimum Gasteiger partial charge on any atom is -0.467 e. The molecule has 0 radical (unpaired) electrons. The van der Waals surface area contributed by atoms with E-state index in [9.17, 15) is 14.4 Å². The lowest BCUT2D eigenvalue weighted by Gasteiger charge is -2.28. The van der Waals surface area contributed by atoms with Gasteiger partial charge in [-0.1, -0.05) is 30.3 Å². The summed E-state index contributed by atoms with van der Waals surface area (Å²) in [4.78, 5) is 37.5. The van der Waals surface area contributed by atoms with Gasteiger partial charge in [-0.2, -0.15) is 5.10 Å². The number of carbonyl (C=O) groups is 3. The third kappa shape index (κ3) is 3.56. The summed E-state index contributed by atoms with van der Waals surface area (Å²) in [5.74, 6) is -1.08. The Hall–Kier alpha value is -2.70. The molecule has 122 valence electrons. The fraction of sp³-hybridized carbons (Fsp3) is 0.375. The van der Waals surface area contributed by atoms with Gasteiger partial charge in [-0.25, -0.2) is 9.80 Å². The normalized spacial score (nSPS) is 15.7. The van der Waals surface area contributed by atoms with E-state index in [1.165, 1.54) is 26.1 Å². The Kier molecular flexibility index (Phi) is 5.10. The molecule has 0 saturated carbocycles. The SMILES string of the molecule is COC(=O)[C@@H](c1ccccc1)N(C)C(=O)C1=NN(C)C(=O)CC1. The maximum absolute atomic E-state index is 12.6. The van der Waals surface area contributed by atoms with Crippen LogP contribution in [0, 0.1) is 0 Å². The maximum atomic E-state index is 12.6. The molecule has 0 bridgehead atoms. The van der Waals surface area contributed by atoms with Crippen LogP contribution in [-0.4, -0.2) is 54.6 Å². The molecular weight excluding hydrogens is 298 g/mol. The Labute approximate surface area is 134 Å². The topological polar surface area (TPSA) is 79.3 Å². The van der Waals surface area contributed by atoms with E-state index < -0.39 is 17.9 Å². The van der Waals surface area contributed by atoms with Crippen molar-refractivity contribution in [1.82, 2.24) is 9.91 Å². The fourth-order valence-electron chi connectivity index (χ4n) is 2.41. The van der Waals surface area contributed by atoms with Crippen molar-refractivity contribution in [3.8, 4) is 0 Å². The molecule has 7 nitrogen and oxygen atoms in total. The number of amides is 2. The third-order valence-corrected chi connectivity index (χ3v) is 3.70. The Morgan fingerprint density at radius 2 is 1.91 bits per heavy atom. The molecule has 7 heteroatoms. The van der Waals surface area contributed by atoms with Crippen molar-refractivity contribution in [3.05, 3.63) is 35.9 Å². The van der Waals surface area contributed by atoms with Crippen molar-refractivity contribution in [2.45, 2.75) is 18.9 Å². The van der Waals surface area contributed by atoms with Crippen LogP contribution in [0.25, 0.3) is 0 Å². The summed E-state index contributed by atoms with van der Waals surface area (Å²) in [6.45, 7) is 0. The van der Waals surface area contributed by atoms with Crippen molar-refractivity contribution in [2.75, 3.05) is 21.2 Å². The molecule has 1 aliphatic rings. The lowest BCUT2D eigenvalue weighted by molar-refractivity contribution is -0.150. The zero-order valence-corrected chi connectivity index (χ0v) is 13.4. The molecule has 1 aromatic rings. The quantitative estimate of drug-likeness (QED) is 0.775. The van der Waals surface area contributed by atoms with E-state index >= 15 is 0 Å². The van der Waals surface area contributed by atoms with E-state index in [4.69, 9.17) is 4.74 Å². The van der Waals surface area contributed by atoms with Gasteiger partial charge >= 0.3 is 5.97 Å². The van der Waals surface area contributed by atoms with Crippen LogP contribution in [-0.2, 0) is 19.1 Å². The number of nitrogens with zero attached hydrogens (tertiary/aromatic N) is 3.